The molecule has 0 fully saturated rings. The highest BCUT2D eigenvalue weighted by molar-refractivity contribution is 5.88. The van der Waals surface area contributed by atoms with Crippen molar-refractivity contribution in [2.24, 2.45) is 0 Å². The van der Waals surface area contributed by atoms with Gasteiger partial charge < -0.3 is 15.0 Å². The van der Waals surface area contributed by atoms with E-state index in [1.165, 1.54) is 5.56 Å². The smallest absolute Gasteiger partial charge is 0.261 e. The van der Waals surface area contributed by atoms with Gasteiger partial charge in [0.1, 0.15) is 11.8 Å². The van der Waals surface area contributed by atoms with Crippen molar-refractivity contribution < 1.29 is 14.3 Å². The van der Waals surface area contributed by atoms with Crippen molar-refractivity contribution in [1.29, 1.82) is 0 Å². The van der Waals surface area contributed by atoms with Crippen LogP contribution in [0.5, 0.6) is 5.75 Å². The number of nitrogens with zero attached hydrogens (tertiary/aromatic N) is 1. The second-order valence-electron chi connectivity index (χ2n) is 8.89. The number of carbonyl (C=O) groups excluding carboxylic acids is 2. The maximum atomic E-state index is 13.2. The number of carbonyl (C=O) groups is 2. The maximum Gasteiger partial charge on any atom is 0.261 e. The summed E-state index contributed by atoms with van der Waals surface area (Å²) in [6.45, 7) is 13.0. The van der Waals surface area contributed by atoms with Gasteiger partial charge in [-0.05, 0) is 48.9 Å². The first-order chi connectivity index (χ1) is 14.7. The molecule has 0 saturated carbocycles. The Morgan fingerprint density at radius 2 is 1.74 bits per heavy atom. The zero-order valence-electron chi connectivity index (χ0n) is 19.7. The van der Waals surface area contributed by atoms with E-state index in [0.717, 1.165) is 11.1 Å². The molecule has 2 amide bonds. The summed E-state index contributed by atoms with van der Waals surface area (Å²) in [5, 5.41) is 2.85. The maximum absolute atomic E-state index is 13.2. The molecule has 0 aliphatic rings. The van der Waals surface area contributed by atoms with Crippen LogP contribution in [0.15, 0.2) is 48.5 Å². The molecular formula is C26H36N2O3. The van der Waals surface area contributed by atoms with Crippen molar-refractivity contribution in [3.05, 3.63) is 65.2 Å². The number of aryl methyl sites for hydroxylation is 1. The van der Waals surface area contributed by atoms with Crippen LogP contribution < -0.4 is 10.1 Å². The highest BCUT2D eigenvalue weighted by Crippen LogP contribution is 2.24. The molecule has 1 atom stereocenters. The van der Waals surface area contributed by atoms with Gasteiger partial charge in [0.15, 0.2) is 6.61 Å². The molecule has 168 valence electrons. The zero-order chi connectivity index (χ0) is 23.0. The summed E-state index contributed by atoms with van der Waals surface area (Å²) in [5.41, 5.74) is 3.37. The highest BCUT2D eigenvalue weighted by atomic mass is 16.5. The van der Waals surface area contributed by atoms with Crippen molar-refractivity contribution in [2.75, 3.05) is 13.2 Å². The van der Waals surface area contributed by atoms with Crippen molar-refractivity contribution >= 4 is 11.8 Å². The fraction of sp³-hybridized carbons (Fsp3) is 0.462. The number of likely N-dealkylation sites (N-methyl/N-ethyl adjacent to an activating group) is 1. The van der Waals surface area contributed by atoms with Gasteiger partial charge in [-0.25, -0.2) is 0 Å². The Balaban J connectivity index is 2.17. The second-order valence-corrected chi connectivity index (χ2v) is 8.89. The third-order valence-corrected chi connectivity index (χ3v) is 5.25. The monoisotopic (exact) mass is 424 g/mol. The van der Waals surface area contributed by atoms with Crippen LogP contribution in [0.4, 0.5) is 0 Å². The van der Waals surface area contributed by atoms with Crippen LogP contribution in [0.1, 0.15) is 57.7 Å². The largest absolute Gasteiger partial charge is 0.484 e. The number of hydrogen-bond acceptors (Lipinski definition) is 3. The lowest BCUT2D eigenvalue weighted by molar-refractivity contribution is -0.142. The van der Waals surface area contributed by atoms with Crippen molar-refractivity contribution in [3.8, 4) is 5.75 Å². The van der Waals surface area contributed by atoms with Crippen LogP contribution in [0, 0.1) is 6.92 Å². The number of ether oxygens (including phenoxy) is 1. The third kappa shape index (κ3) is 7.12. The normalized spacial score (nSPS) is 12.2. The predicted octanol–water partition coefficient (Wildman–Crippen LogP) is 4.61. The zero-order valence-corrected chi connectivity index (χ0v) is 19.7. The molecule has 0 heterocycles. The molecule has 0 saturated heterocycles. The van der Waals surface area contributed by atoms with Crippen LogP contribution in [0.3, 0.4) is 0 Å². The van der Waals surface area contributed by atoms with Gasteiger partial charge in [-0.2, -0.15) is 0 Å². The Morgan fingerprint density at radius 1 is 1.06 bits per heavy atom. The molecule has 0 radical (unpaired) electrons. The fourth-order valence-corrected chi connectivity index (χ4v) is 3.50. The van der Waals surface area contributed by atoms with Gasteiger partial charge in [0.05, 0.1) is 0 Å². The van der Waals surface area contributed by atoms with Crippen molar-refractivity contribution in [2.45, 2.75) is 66.0 Å². The third-order valence-electron chi connectivity index (χ3n) is 5.25. The summed E-state index contributed by atoms with van der Waals surface area (Å²) in [4.78, 5) is 27.4. The summed E-state index contributed by atoms with van der Waals surface area (Å²) in [7, 11) is 0. The van der Waals surface area contributed by atoms with Crippen molar-refractivity contribution in [3.63, 3.8) is 0 Å². The van der Waals surface area contributed by atoms with E-state index in [0.29, 0.717) is 25.3 Å². The molecule has 5 heteroatoms. The molecule has 0 aliphatic carbocycles. The molecule has 2 aromatic carbocycles. The Morgan fingerprint density at radius 3 is 2.29 bits per heavy atom. The number of amides is 2. The SMILES string of the molecule is CCNC(=O)[C@@H](CC)N(Cc1cccc(C)c1)C(=O)COc1ccc(C(C)(C)C)cc1. The summed E-state index contributed by atoms with van der Waals surface area (Å²) in [6, 6.07) is 15.3. The summed E-state index contributed by atoms with van der Waals surface area (Å²) >= 11 is 0. The van der Waals surface area contributed by atoms with E-state index in [1.54, 1.807) is 4.90 Å². The van der Waals surface area contributed by atoms with Gasteiger partial charge in [-0.3, -0.25) is 9.59 Å². The summed E-state index contributed by atoms with van der Waals surface area (Å²) in [5.74, 6) is 0.294. The molecular weight excluding hydrogens is 388 g/mol. The first-order valence-electron chi connectivity index (χ1n) is 11.0. The highest BCUT2D eigenvalue weighted by Gasteiger charge is 2.28. The Labute approximate surface area is 186 Å². The molecule has 1 N–H and O–H groups in total. The molecule has 0 aromatic heterocycles. The number of benzene rings is 2. The van der Waals surface area contributed by atoms with E-state index < -0.39 is 6.04 Å². The number of hydrogen-bond donors (Lipinski definition) is 1. The van der Waals surface area contributed by atoms with Crippen LogP contribution in [-0.4, -0.2) is 35.9 Å². The minimum Gasteiger partial charge on any atom is -0.484 e. The van der Waals surface area contributed by atoms with Gasteiger partial charge in [0.25, 0.3) is 5.91 Å². The lowest BCUT2D eigenvalue weighted by atomic mass is 9.87. The number of nitrogens with one attached hydrogen (secondary N) is 1. The summed E-state index contributed by atoms with van der Waals surface area (Å²) in [6.07, 6.45) is 0.531. The molecule has 0 bridgehead atoms. The van der Waals surface area contributed by atoms with Crippen LogP contribution in [-0.2, 0) is 21.5 Å². The first kappa shape index (κ1) is 24.4. The average Bonchev–Trinajstić information content (AvgIpc) is 2.72. The minimum atomic E-state index is -0.542. The first-order valence-corrected chi connectivity index (χ1v) is 11.0. The van der Waals surface area contributed by atoms with Gasteiger partial charge in [-0.15, -0.1) is 0 Å². The average molecular weight is 425 g/mol. The molecule has 0 spiro atoms. The van der Waals surface area contributed by atoms with E-state index in [4.69, 9.17) is 4.74 Å². The van der Waals surface area contributed by atoms with Crippen molar-refractivity contribution in [1.82, 2.24) is 10.2 Å². The van der Waals surface area contributed by atoms with Crippen LogP contribution >= 0.6 is 0 Å². The predicted molar refractivity (Wildman–Crippen MR) is 125 cm³/mol. The molecule has 0 unspecified atom stereocenters. The quantitative estimate of drug-likeness (QED) is 0.639. The van der Waals surface area contributed by atoms with E-state index in [1.807, 2.05) is 69.3 Å². The standard InChI is InChI=1S/C26H36N2O3/c1-7-23(25(30)27-8-2)28(17-20-11-9-10-19(3)16-20)24(29)18-31-22-14-12-21(13-15-22)26(4,5)6/h9-16,23H,7-8,17-18H2,1-6H3,(H,27,30)/t23-/m1/s1. The van der Waals surface area contributed by atoms with Crippen LogP contribution in [0.25, 0.3) is 0 Å². The molecule has 0 aliphatic heterocycles. The van der Waals surface area contributed by atoms with E-state index in [-0.39, 0.29) is 23.8 Å². The molecule has 31 heavy (non-hydrogen) atoms. The fourth-order valence-electron chi connectivity index (χ4n) is 3.50. The minimum absolute atomic E-state index is 0.0555. The second kappa shape index (κ2) is 11.0. The van der Waals surface area contributed by atoms with Gasteiger partial charge in [0.2, 0.25) is 5.91 Å². The Bertz CT molecular complexity index is 869. The molecule has 2 aromatic rings. The van der Waals surface area contributed by atoms with E-state index >= 15 is 0 Å². The molecule has 5 nitrogen and oxygen atoms in total. The number of rotatable bonds is 9. The van der Waals surface area contributed by atoms with Gasteiger partial charge in [0, 0.05) is 13.1 Å². The topological polar surface area (TPSA) is 58.6 Å². The molecule has 2 rings (SSSR count). The van der Waals surface area contributed by atoms with Crippen LogP contribution in [0.2, 0.25) is 0 Å². The van der Waals surface area contributed by atoms with E-state index in [9.17, 15) is 9.59 Å². The lowest BCUT2D eigenvalue weighted by Crippen LogP contribution is -2.50. The van der Waals surface area contributed by atoms with E-state index in [2.05, 4.69) is 26.1 Å². The Hall–Kier alpha value is -2.82. The Kier molecular flexibility index (Phi) is 8.66. The lowest BCUT2D eigenvalue weighted by Gasteiger charge is -2.30. The van der Waals surface area contributed by atoms with Gasteiger partial charge in [-0.1, -0.05) is 69.7 Å². The van der Waals surface area contributed by atoms with Gasteiger partial charge >= 0.3 is 0 Å². The summed E-state index contributed by atoms with van der Waals surface area (Å²) < 4.78 is 5.79.